The first-order valence-corrected chi connectivity index (χ1v) is 3.96. The van der Waals surface area contributed by atoms with Gasteiger partial charge in [-0.15, -0.1) is 0 Å². The second-order valence-corrected chi connectivity index (χ2v) is 3.24. The highest BCUT2D eigenvalue weighted by Gasteiger charge is 2.29. The number of rotatable bonds is 2. The fraction of sp³-hybridized carbons (Fsp3) is 0.875. The van der Waals surface area contributed by atoms with Gasteiger partial charge in [0.1, 0.15) is 0 Å². The van der Waals surface area contributed by atoms with E-state index in [2.05, 4.69) is 0 Å². The number of carboxylic acids is 1. The molecule has 0 spiro atoms. The minimum atomic E-state index is -0.889. The molecule has 0 aliphatic rings. The van der Waals surface area contributed by atoms with Gasteiger partial charge in [0.15, 0.2) is 0 Å². The molecular formula is C8H19NO4. The summed E-state index contributed by atoms with van der Waals surface area (Å²) in [5.74, 6) is -0.833. The third kappa shape index (κ3) is 7.70. The van der Waals surface area contributed by atoms with Gasteiger partial charge in [0.25, 0.3) is 5.97 Å². The molecule has 13 heavy (non-hydrogen) atoms. The molecule has 5 heteroatoms. The van der Waals surface area contributed by atoms with Crippen molar-refractivity contribution in [2.45, 2.75) is 45.4 Å². The molecule has 0 aromatic heterocycles. The van der Waals surface area contributed by atoms with Crippen LogP contribution in [-0.4, -0.2) is 39.0 Å². The van der Waals surface area contributed by atoms with Crippen LogP contribution in [0.25, 0.3) is 0 Å². The summed E-state index contributed by atoms with van der Waals surface area (Å²) in [6, 6.07) is 0. The predicted molar refractivity (Wildman–Crippen MR) is 49.3 cm³/mol. The summed E-state index contributed by atoms with van der Waals surface area (Å²) in [5.41, 5.74) is 4.61. The van der Waals surface area contributed by atoms with Gasteiger partial charge in [-0.25, -0.2) is 0 Å². The summed E-state index contributed by atoms with van der Waals surface area (Å²) in [6.07, 6.45) is -1.37. The molecule has 80 valence electrons. The third-order valence-corrected chi connectivity index (χ3v) is 1.80. The molecule has 0 rings (SSSR count). The van der Waals surface area contributed by atoms with E-state index in [0.717, 1.165) is 6.92 Å². The molecule has 0 amide bonds. The molecular weight excluding hydrogens is 174 g/mol. The molecule has 0 fully saturated rings. The van der Waals surface area contributed by atoms with Gasteiger partial charge < -0.3 is 21.1 Å². The van der Waals surface area contributed by atoms with Crippen LogP contribution >= 0.6 is 0 Å². The van der Waals surface area contributed by atoms with Crippen molar-refractivity contribution in [3.63, 3.8) is 0 Å². The maximum Gasteiger partial charge on any atom is 0.300 e. The largest absolute Gasteiger partial charge is 0.481 e. The quantitative estimate of drug-likeness (QED) is 0.476. The van der Waals surface area contributed by atoms with Crippen LogP contribution in [0.5, 0.6) is 0 Å². The molecule has 0 saturated heterocycles. The summed E-state index contributed by atoms with van der Waals surface area (Å²) in [5, 5.41) is 25.3. The number of carboxylic acid groups (broad SMARTS) is 1. The smallest absolute Gasteiger partial charge is 0.300 e. The Labute approximate surface area is 78.2 Å². The van der Waals surface area contributed by atoms with E-state index in [9.17, 15) is 0 Å². The molecule has 0 aliphatic carbocycles. The monoisotopic (exact) mass is 193 g/mol. The van der Waals surface area contributed by atoms with E-state index in [-0.39, 0.29) is 0 Å². The van der Waals surface area contributed by atoms with Gasteiger partial charge in [0.05, 0.1) is 17.7 Å². The molecule has 5 nitrogen and oxygen atoms in total. The molecule has 0 radical (unpaired) electrons. The predicted octanol–water partition coefficient (Wildman–Crippen LogP) is -0.444. The fourth-order valence-electron chi connectivity index (χ4n) is 0.349. The van der Waals surface area contributed by atoms with Crippen LogP contribution in [0.3, 0.4) is 0 Å². The maximum atomic E-state index is 9.00. The lowest BCUT2D eigenvalue weighted by Gasteiger charge is -2.30. The highest BCUT2D eigenvalue weighted by Crippen LogP contribution is 2.10. The summed E-state index contributed by atoms with van der Waals surface area (Å²) in [6.45, 7) is 5.82. The zero-order valence-electron chi connectivity index (χ0n) is 8.48. The maximum absolute atomic E-state index is 9.00. The van der Waals surface area contributed by atoms with Gasteiger partial charge in [-0.05, 0) is 20.8 Å². The van der Waals surface area contributed by atoms with Crippen molar-refractivity contribution in [2.24, 2.45) is 5.73 Å². The molecule has 0 aromatic carbocycles. The minimum absolute atomic E-state index is 0.683. The Balaban J connectivity index is 0. The first-order chi connectivity index (χ1) is 5.62. The number of carbonyl (C=O) groups is 1. The Morgan fingerprint density at radius 2 is 1.46 bits per heavy atom. The molecule has 0 bridgehead atoms. The van der Waals surface area contributed by atoms with Crippen molar-refractivity contribution in [1.82, 2.24) is 0 Å². The van der Waals surface area contributed by atoms with Crippen molar-refractivity contribution < 1.29 is 20.1 Å². The SMILES string of the molecule is CC(=O)O.C[C@@H](O)C(C)(N)[C@@H](C)O. The summed E-state index contributed by atoms with van der Waals surface area (Å²) < 4.78 is 0. The Bertz CT molecular complexity index is 140. The van der Waals surface area contributed by atoms with Crippen LogP contribution in [-0.2, 0) is 4.79 Å². The van der Waals surface area contributed by atoms with Crippen molar-refractivity contribution in [2.75, 3.05) is 0 Å². The molecule has 0 aliphatic heterocycles. The summed E-state index contributed by atoms with van der Waals surface area (Å²) in [7, 11) is 0. The van der Waals surface area contributed by atoms with Gasteiger partial charge in [-0.3, -0.25) is 4.79 Å². The Morgan fingerprint density at radius 3 is 1.46 bits per heavy atom. The lowest BCUT2D eigenvalue weighted by Crippen LogP contribution is -2.54. The van der Waals surface area contributed by atoms with E-state index in [4.69, 9.17) is 25.8 Å². The fourth-order valence-corrected chi connectivity index (χ4v) is 0.349. The summed E-state index contributed by atoms with van der Waals surface area (Å²) >= 11 is 0. The lowest BCUT2D eigenvalue weighted by molar-refractivity contribution is -0.134. The normalized spacial score (nSPS) is 15.3. The zero-order chi connectivity index (χ0) is 11.2. The Hall–Kier alpha value is -0.650. The van der Waals surface area contributed by atoms with Crippen LogP contribution in [0.1, 0.15) is 27.7 Å². The number of nitrogens with two attached hydrogens (primary N) is 1. The number of aliphatic hydroxyl groups excluding tert-OH is 2. The van der Waals surface area contributed by atoms with Crippen molar-refractivity contribution in [3.8, 4) is 0 Å². The second kappa shape index (κ2) is 5.90. The van der Waals surface area contributed by atoms with Gasteiger partial charge in [-0.1, -0.05) is 0 Å². The topological polar surface area (TPSA) is 104 Å². The van der Waals surface area contributed by atoms with Crippen molar-refractivity contribution >= 4 is 5.97 Å². The Morgan fingerprint density at radius 1 is 1.31 bits per heavy atom. The van der Waals surface area contributed by atoms with Gasteiger partial charge in [0.2, 0.25) is 0 Å². The van der Waals surface area contributed by atoms with Crippen LogP contribution in [0, 0.1) is 0 Å². The molecule has 5 N–H and O–H groups in total. The number of aliphatic carboxylic acids is 1. The van der Waals surface area contributed by atoms with E-state index in [0.29, 0.717) is 0 Å². The van der Waals surface area contributed by atoms with E-state index in [1.54, 1.807) is 20.8 Å². The van der Waals surface area contributed by atoms with Crippen LogP contribution < -0.4 is 5.73 Å². The standard InChI is InChI=1S/C6H15NO2.C2H4O2/c1-4(8)6(3,7)5(2)9;1-2(3)4/h4-5,8-9H,7H2,1-3H3;1H3,(H,3,4)/t4-,5-;/m1./s1. The van der Waals surface area contributed by atoms with Crippen molar-refractivity contribution in [3.05, 3.63) is 0 Å². The van der Waals surface area contributed by atoms with Gasteiger partial charge in [-0.2, -0.15) is 0 Å². The number of aliphatic hydroxyl groups is 2. The molecule has 0 saturated carbocycles. The van der Waals surface area contributed by atoms with Crippen LogP contribution in [0.2, 0.25) is 0 Å². The zero-order valence-corrected chi connectivity index (χ0v) is 8.48. The average Bonchev–Trinajstić information content (AvgIpc) is 1.85. The molecule has 0 unspecified atom stereocenters. The minimum Gasteiger partial charge on any atom is -0.481 e. The van der Waals surface area contributed by atoms with E-state index >= 15 is 0 Å². The highest BCUT2D eigenvalue weighted by atomic mass is 16.4. The van der Waals surface area contributed by atoms with Crippen LogP contribution in [0.15, 0.2) is 0 Å². The highest BCUT2D eigenvalue weighted by molar-refractivity contribution is 5.62. The number of hydrogen-bond donors (Lipinski definition) is 4. The first kappa shape index (κ1) is 14.9. The van der Waals surface area contributed by atoms with E-state index in [1.807, 2.05) is 0 Å². The summed E-state index contributed by atoms with van der Waals surface area (Å²) in [4.78, 5) is 9.00. The molecule has 2 atom stereocenters. The second-order valence-electron chi connectivity index (χ2n) is 3.24. The van der Waals surface area contributed by atoms with Gasteiger partial charge in [0, 0.05) is 6.92 Å². The molecule has 0 heterocycles. The van der Waals surface area contributed by atoms with Crippen molar-refractivity contribution in [1.29, 1.82) is 0 Å². The Kier molecular flexibility index (Phi) is 6.75. The lowest BCUT2D eigenvalue weighted by atomic mass is 9.92. The van der Waals surface area contributed by atoms with Gasteiger partial charge >= 0.3 is 0 Å². The first-order valence-electron chi connectivity index (χ1n) is 3.96. The average molecular weight is 193 g/mol. The van der Waals surface area contributed by atoms with E-state index < -0.39 is 23.7 Å². The number of hydrogen-bond acceptors (Lipinski definition) is 4. The van der Waals surface area contributed by atoms with Crippen LogP contribution in [0.4, 0.5) is 0 Å². The van der Waals surface area contributed by atoms with E-state index in [1.165, 1.54) is 0 Å². The third-order valence-electron chi connectivity index (χ3n) is 1.80. The molecule has 0 aromatic rings.